The molecule has 0 fully saturated rings. The summed E-state index contributed by atoms with van der Waals surface area (Å²) in [6.45, 7) is 7.97. The van der Waals surface area contributed by atoms with Gasteiger partial charge in [-0.25, -0.2) is 9.64 Å². The fourth-order valence-corrected chi connectivity index (χ4v) is 1.24. The van der Waals surface area contributed by atoms with Gasteiger partial charge in [0.1, 0.15) is 5.75 Å². The Morgan fingerprint density at radius 2 is 2.05 bits per heavy atom. The van der Waals surface area contributed by atoms with Crippen LogP contribution < -0.4 is 4.74 Å². The topological polar surface area (TPSA) is 39.9 Å². The molecule has 1 aromatic carbocycles. The Morgan fingerprint density at radius 1 is 1.37 bits per heavy atom. The fourth-order valence-electron chi connectivity index (χ4n) is 1.24. The van der Waals surface area contributed by atoms with Crippen LogP contribution in [-0.4, -0.2) is 19.2 Å². The second-order valence-corrected chi connectivity index (χ2v) is 3.42. The summed E-state index contributed by atoms with van der Waals surface area (Å²) in [7, 11) is 0. The van der Waals surface area contributed by atoms with Gasteiger partial charge in [0.05, 0.1) is 13.2 Å². The Labute approximate surface area is 107 Å². The molecule has 4 nitrogen and oxygen atoms in total. The molecule has 0 aromatic heterocycles. The first-order valence-electron chi connectivity index (χ1n) is 5.25. The highest BCUT2D eigenvalue weighted by atomic mass is 19.4. The molecule has 1 aromatic rings. The van der Waals surface area contributed by atoms with Gasteiger partial charge in [0.25, 0.3) is 0 Å². The standard InChI is InChI=1S/C12H10F3NO3/c1-3-18-11(17)7-19-10-5-8(12(13,14)15)4-9(6-10)16-2/h4-6H,3,7H2,1H3. The molecule has 0 atom stereocenters. The summed E-state index contributed by atoms with van der Waals surface area (Å²) in [5.41, 5.74) is -1.21. The number of rotatable bonds is 4. The second kappa shape index (κ2) is 6.09. The molecule has 0 spiro atoms. The minimum atomic E-state index is -4.58. The van der Waals surface area contributed by atoms with Crippen LogP contribution in [0.1, 0.15) is 12.5 Å². The highest BCUT2D eigenvalue weighted by molar-refractivity contribution is 5.71. The van der Waals surface area contributed by atoms with E-state index in [2.05, 4.69) is 9.58 Å². The molecule has 0 heterocycles. The number of benzene rings is 1. The van der Waals surface area contributed by atoms with Gasteiger partial charge in [-0.05, 0) is 25.1 Å². The quantitative estimate of drug-likeness (QED) is 0.624. The highest BCUT2D eigenvalue weighted by Gasteiger charge is 2.31. The molecular formula is C12H10F3NO3. The Morgan fingerprint density at radius 3 is 2.58 bits per heavy atom. The average Bonchev–Trinajstić information content (AvgIpc) is 2.35. The molecule has 0 saturated carbocycles. The van der Waals surface area contributed by atoms with Crippen LogP contribution in [0.3, 0.4) is 0 Å². The van der Waals surface area contributed by atoms with Crippen molar-refractivity contribution in [3.63, 3.8) is 0 Å². The summed E-state index contributed by atoms with van der Waals surface area (Å²) in [6, 6.07) is 2.57. The maximum atomic E-state index is 12.6. The molecule has 0 N–H and O–H groups in total. The van der Waals surface area contributed by atoms with Crippen LogP contribution in [0.25, 0.3) is 4.85 Å². The monoisotopic (exact) mass is 273 g/mol. The van der Waals surface area contributed by atoms with Crippen LogP contribution in [0, 0.1) is 6.57 Å². The SMILES string of the molecule is [C-]#[N+]c1cc(OCC(=O)OCC)cc(C(F)(F)F)c1. The Balaban J connectivity index is 2.90. The van der Waals surface area contributed by atoms with Gasteiger partial charge in [0, 0.05) is 5.56 Å². The molecule has 0 saturated heterocycles. The van der Waals surface area contributed by atoms with Gasteiger partial charge in [0.15, 0.2) is 12.3 Å². The molecular weight excluding hydrogens is 263 g/mol. The van der Waals surface area contributed by atoms with Gasteiger partial charge < -0.3 is 9.47 Å². The van der Waals surface area contributed by atoms with E-state index in [9.17, 15) is 18.0 Å². The summed E-state index contributed by atoms with van der Waals surface area (Å²) in [4.78, 5) is 13.9. The average molecular weight is 273 g/mol. The van der Waals surface area contributed by atoms with Crippen molar-refractivity contribution < 1.29 is 27.4 Å². The minimum Gasteiger partial charge on any atom is -0.483 e. The first kappa shape index (κ1) is 14.8. The van der Waals surface area contributed by atoms with Gasteiger partial charge in [0.2, 0.25) is 0 Å². The van der Waals surface area contributed by atoms with Gasteiger partial charge >= 0.3 is 12.1 Å². The number of hydrogen-bond donors (Lipinski definition) is 0. The zero-order valence-corrected chi connectivity index (χ0v) is 9.95. The summed E-state index contributed by atoms with van der Waals surface area (Å²) in [6.07, 6.45) is -4.58. The Hall–Kier alpha value is -2.23. The van der Waals surface area contributed by atoms with Crippen LogP contribution >= 0.6 is 0 Å². The smallest absolute Gasteiger partial charge is 0.415 e. The van der Waals surface area contributed by atoms with Crippen molar-refractivity contribution in [1.82, 2.24) is 0 Å². The van der Waals surface area contributed by atoms with Crippen molar-refractivity contribution >= 4 is 11.7 Å². The number of alkyl halides is 3. The van der Waals surface area contributed by atoms with Gasteiger partial charge in [-0.15, -0.1) is 0 Å². The van der Waals surface area contributed by atoms with E-state index in [0.717, 1.165) is 12.1 Å². The first-order valence-corrected chi connectivity index (χ1v) is 5.25. The lowest BCUT2D eigenvalue weighted by atomic mass is 10.2. The van der Waals surface area contributed by atoms with E-state index < -0.39 is 24.3 Å². The molecule has 1 rings (SSSR count). The van der Waals surface area contributed by atoms with E-state index in [4.69, 9.17) is 11.3 Å². The molecule has 7 heteroatoms. The molecule has 0 unspecified atom stereocenters. The van der Waals surface area contributed by atoms with E-state index in [1.807, 2.05) is 0 Å². The molecule has 0 aliphatic rings. The number of carbonyl (C=O) groups excluding carboxylic acids is 1. The number of halogens is 3. The highest BCUT2D eigenvalue weighted by Crippen LogP contribution is 2.34. The van der Waals surface area contributed by atoms with Crippen molar-refractivity contribution in [2.24, 2.45) is 0 Å². The lowest BCUT2D eigenvalue weighted by Crippen LogP contribution is -2.15. The lowest BCUT2D eigenvalue weighted by Gasteiger charge is -2.11. The zero-order chi connectivity index (χ0) is 14.5. The van der Waals surface area contributed by atoms with Crippen LogP contribution in [-0.2, 0) is 15.7 Å². The van der Waals surface area contributed by atoms with Crippen molar-refractivity contribution in [2.45, 2.75) is 13.1 Å². The summed E-state index contributed by atoms with van der Waals surface area (Å²) >= 11 is 0. The van der Waals surface area contributed by atoms with E-state index in [-0.39, 0.29) is 18.0 Å². The van der Waals surface area contributed by atoms with Gasteiger partial charge in [-0.2, -0.15) is 13.2 Å². The number of esters is 1. The van der Waals surface area contributed by atoms with E-state index >= 15 is 0 Å². The van der Waals surface area contributed by atoms with E-state index in [1.165, 1.54) is 0 Å². The minimum absolute atomic E-state index is 0.151. The third-order valence-electron chi connectivity index (χ3n) is 2.01. The van der Waals surface area contributed by atoms with Crippen molar-refractivity contribution in [1.29, 1.82) is 0 Å². The molecule has 102 valence electrons. The summed E-state index contributed by atoms with van der Waals surface area (Å²) in [5, 5.41) is 0. The first-order chi connectivity index (χ1) is 8.86. The molecule has 0 aliphatic heterocycles. The van der Waals surface area contributed by atoms with Crippen molar-refractivity contribution in [3.8, 4) is 5.75 Å². The molecule has 0 aliphatic carbocycles. The normalized spacial score (nSPS) is 10.7. The zero-order valence-electron chi connectivity index (χ0n) is 9.95. The maximum absolute atomic E-state index is 12.6. The predicted octanol–water partition coefficient (Wildman–Crippen LogP) is 3.20. The second-order valence-electron chi connectivity index (χ2n) is 3.42. The van der Waals surface area contributed by atoms with Crippen LogP contribution in [0.15, 0.2) is 18.2 Å². The van der Waals surface area contributed by atoms with Crippen molar-refractivity contribution in [2.75, 3.05) is 13.2 Å². The van der Waals surface area contributed by atoms with Crippen LogP contribution in [0.5, 0.6) is 5.75 Å². The van der Waals surface area contributed by atoms with E-state index in [0.29, 0.717) is 6.07 Å². The predicted molar refractivity (Wildman–Crippen MR) is 59.8 cm³/mol. The number of carbonyl (C=O) groups is 1. The van der Waals surface area contributed by atoms with E-state index in [1.54, 1.807) is 6.92 Å². The fraction of sp³-hybridized carbons (Fsp3) is 0.333. The molecule has 0 radical (unpaired) electrons. The van der Waals surface area contributed by atoms with Crippen molar-refractivity contribution in [3.05, 3.63) is 35.2 Å². The molecule has 19 heavy (non-hydrogen) atoms. The number of hydrogen-bond acceptors (Lipinski definition) is 3. The van der Waals surface area contributed by atoms with Gasteiger partial charge in [-0.3, -0.25) is 0 Å². The third kappa shape index (κ3) is 4.50. The van der Waals surface area contributed by atoms with Crippen LogP contribution in [0.2, 0.25) is 0 Å². The lowest BCUT2D eigenvalue weighted by molar-refractivity contribution is -0.145. The summed E-state index contributed by atoms with van der Waals surface area (Å²) < 4.78 is 47.1. The number of nitrogens with zero attached hydrogens (tertiary/aromatic N) is 1. The number of ether oxygens (including phenoxy) is 2. The maximum Gasteiger partial charge on any atom is 0.415 e. The van der Waals surface area contributed by atoms with Crippen LogP contribution in [0.4, 0.5) is 18.9 Å². The third-order valence-corrected chi connectivity index (χ3v) is 2.01. The Kier molecular flexibility index (Phi) is 4.75. The Bertz CT molecular complexity index is 506. The molecule has 0 amide bonds. The summed E-state index contributed by atoms with van der Waals surface area (Å²) in [5.74, 6) is -0.891. The van der Waals surface area contributed by atoms with Gasteiger partial charge in [-0.1, -0.05) is 0 Å². The molecule has 0 bridgehead atoms. The largest absolute Gasteiger partial charge is 0.483 e.